The van der Waals surface area contributed by atoms with E-state index < -0.39 is 35.8 Å². The molecular weight excluding hydrogens is 450 g/mol. The van der Waals surface area contributed by atoms with E-state index in [0.717, 1.165) is 5.56 Å². The normalized spacial score (nSPS) is 12.5. The molecule has 1 heterocycles. The fourth-order valence-corrected chi connectivity index (χ4v) is 3.36. The number of carbonyl (C=O) groups is 4. The number of carbonyl (C=O) groups excluding carboxylic acids is 4. The number of ether oxygens (including phenoxy) is 1. The first-order valence-electron chi connectivity index (χ1n) is 11.9. The first-order valence-corrected chi connectivity index (χ1v) is 11.9. The van der Waals surface area contributed by atoms with Gasteiger partial charge < -0.3 is 25.3 Å². The number of Topliss-reactive ketones (excluding diaryl/α,β-unsaturated/α-hetero) is 1. The highest BCUT2D eigenvalue weighted by Gasteiger charge is 2.29. The number of benzene rings is 1. The van der Waals surface area contributed by atoms with Gasteiger partial charge in [-0.25, -0.2) is 9.78 Å². The predicted molar refractivity (Wildman–Crippen MR) is 130 cm³/mol. The molecule has 0 bridgehead atoms. The van der Waals surface area contributed by atoms with Crippen molar-refractivity contribution in [3.63, 3.8) is 0 Å². The molecule has 190 valence electrons. The van der Waals surface area contributed by atoms with Crippen molar-refractivity contribution >= 4 is 23.7 Å². The van der Waals surface area contributed by atoms with Crippen molar-refractivity contribution in [1.29, 1.82) is 0 Å². The van der Waals surface area contributed by atoms with Crippen LogP contribution in [0.4, 0.5) is 4.79 Å². The lowest BCUT2D eigenvalue weighted by Gasteiger charge is -2.23. The van der Waals surface area contributed by atoms with Gasteiger partial charge in [0.15, 0.2) is 0 Å². The van der Waals surface area contributed by atoms with Crippen molar-refractivity contribution in [3.8, 4) is 0 Å². The molecule has 10 nitrogen and oxygen atoms in total. The van der Waals surface area contributed by atoms with Crippen LogP contribution in [0.25, 0.3) is 0 Å². The van der Waals surface area contributed by atoms with E-state index in [2.05, 4.69) is 20.9 Å². The summed E-state index contributed by atoms with van der Waals surface area (Å²) in [6, 6.07) is 7.29. The number of nitrogens with one attached hydrogen (secondary N) is 3. The van der Waals surface area contributed by atoms with Gasteiger partial charge in [0, 0.05) is 25.5 Å². The Balaban J connectivity index is 1.86. The predicted octanol–water partition coefficient (Wildman–Crippen LogP) is 2.19. The molecule has 10 heteroatoms. The number of alkyl carbamates (subject to hydrolysis) is 1. The van der Waals surface area contributed by atoms with Crippen LogP contribution >= 0.6 is 0 Å². The van der Waals surface area contributed by atoms with Gasteiger partial charge in [-0.05, 0) is 30.7 Å². The van der Waals surface area contributed by atoms with Crippen molar-refractivity contribution in [2.24, 2.45) is 5.92 Å². The second-order valence-electron chi connectivity index (χ2n) is 8.63. The summed E-state index contributed by atoms with van der Waals surface area (Å²) < 4.78 is 7.09. The van der Waals surface area contributed by atoms with E-state index in [1.807, 2.05) is 54.9 Å². The molecule has 0 fully saturated rings. The van der Waals surface area contributed by atoms with Crippen LogP contribution in [-0.2, 0) is 32.3 Å². The molecule has 2 aromatic rings. The Labute approximate surface area is 205 Å². The Morgan fingerprint density at radius 1 is 1.06 bits per heavy atom. The van der Waals surface area contributed by atoms with Crippen LogP contribution in [0, 0.1) is 5.92 Å². The zero-order chi connectivity index (χ0) is 25.6. The molecule has 1 aromatic carbocycles. The maximum atomic E-state index is 12.9. The number of imidazole rings is 1. The summed E-state index contributed by atoms with van der Waals surface area (Å²) >= 11 is 0. The summed E-state index contributed by atoms with van der Waals surface area (Å²) in [5.41, 5.74) is 0.820. The lowest BCUT2D eigenvalue weighted by atomic mass is 10.0. The molecule has 0 unspecified atom stereocenters. The van der Waals surface area contributed by atoms with Crippen LogP contribution < -0.4 is 16.0 Å². The molecule has 0 aliphatic heterocycles. The third-order valence-corrected chi connectivity index (χ3v) is 5.23. The standard InChI is InChI=1S/C25H35N5O5/c1-4-20(22(31)24(33)27-11-8-13-30-14-12-26-17-30)28-23(32)21(15-18(2)3)29-25(34)35-16-19-9-6-5-7-10-19/h5-7,9-10,12,14,17-18,20-21H,4,8,11,13,15-16H2,1-3H3,(H,27,33)(H,28,32)(H,29,34)/t20-,21-/m0/s1. The summed E-state index contributed by atoms with van der Waals surface area (Å²) in [7, 11) is 0. The van der Waals surface area contributed by atoms with Gasteiger partial charge in [0.1, 0.15) is 12.6 Å². The van der Waals surface area contributed by atoms with Gasteiger partial charge in [-0.2, -0.15) is 0 Å². The van der Waals surface area contributed by atoms with Crippen molar-refractivity contribution in [2.45, 2.75) is 65.3 Å². The number of hydrogen-bond acceptors (Lipinski definition) is 6. The quantitative estimate of drug-likeness (QED) is 0.278. The summed E-state index contributed by atoms with van der Waals surface area (Å²) in [6.07, 6.45) is 5.63. The molecule has 0 spiro atoms. The second kappa shape index (κ2) is 14.5. The minimum absolute atomic E-state index is 0.0692. The molecule has 2 atom stereocenters. The fraction of sp³-hybridized carbons (Fsp3) is 0.480. The average molecular weight is 486 g/mol. The van der Waals surface area contributed by atoms with Gasteiger partial charge in [0.25, 0.3) is 5.91 Å². The smallest absolute Gasteiger partial charge is 0.408 e. The van der Waals surface area contributed by atoms with Crippen molar-refractivity contribution in [1.82, 2.24) is 25.5 Å². The molecule has 1 aromatic heterocycles. The lowest BCUT2D eigenvalue weighted by Crippen LogP contribution is -2.54. The van der Waals surface area contributed by atoms with E-state index in [-0.39, 0.29) is 18.9 Å². The number of aryl methyl sites for hydroxylation is 1. The van der Waals surface area contributed by atoms with Crippen molar-refractivity contribution < 1.29 is 23.9 Å². The maximum absolute atomic E-state index is 12.9. The van der Waals surface area contributed by atoms with E-state index in [1.165, 1.54) is 0 Å². The largest absolute Gasteiger partial charge is 0.445 e. The van der Waals surface area contributed by atoms with Crippen LogP contribution in [0.5, 0.6) is 0 Å². The minimum atomic E-state index is -0.993. The molecule has 0 radical (unpaired) electrons. The molecule has 2 rings (SSSR count). The minimum Gasteiger partial charge on any atom is -0.445 e. The number of amides is 3. The zero-order valence-electron chi connectivity index (χ0n) is 20.5. The van der Waals surface area contributed by atoms with E-state index >= 15 is 0 Å². The zero-order valence-corrected chi connectivity index (χ0v) is 20.5. The van der Waals surface area contributed by atoms with Crippen molar-refractivity contribution in [2.75, 3.05) is 6.54 Å². The van der Waals surface area contributed by atoms with Gasteiger partial charge in [0.05, 0.1) is 12.4 Å². The molecule has 0 saturated heterocycles. The third kappa shape index (κ3) is 9.99. The maximum Gasteiger partial charge on any atom is 0.408 e. The Hall–Kier alpha value is -3.69. The number of aromatic nitrogens is 2. The summed E-state index contributed by atoms with van der Waals surface area (Å²) in [6.45, 7) is 6.57. The number of ketones is 1. The van der Waals surface area contributed by atoms with Gasteiger partial charge >= 0.3 is 6.09 Å². The second-order valence-corrected chi connectivity index (χ2v) is 8.63. The van der Waals surface area contributed by atoms with E-state index in [1.54, 1.807) is 19.4 Å². The Bertz CT molecular complexity index is 946. The van der Waals surface area contributed by atoms with E-state index in [0.29, 0.717) is 25.9 Å². The molecule has 3 amide bonds. The van der Waals surface area contributed by atoms with Crippen LogP contribution in [0.15, 0.2) is 49.1 Å². The van der Waals surface area contributed by atoms with Crippen LogP contribution in [0.2, 0.25) is 0 Å². The van der Waals surface area contributed by atoms with Gasteiger partial charge in [0.2, 0.25) is 11.7 Å². The topological polar surface area (TPSA) is 131 Å². The molecule has 0 aliphatic rings. The molecule has 0 saturated carbocycles. The Kier molecular flexibility index (Phi) is 11.5. The first-order chi connectivity index (χ1) is 16.8. The highest BCUT2D eigenvalue weighted by molar-refractivity contribution is 6.38. The van der Waals surface area contributed by atoms with Gasteiger partial charge in [-0.3, -0.25) is 14.4 Å². The number of nitrogens with zero attached hydrogens (tertiary/aromatic N) is 2. The highest BCUT2D eigenvalue weighted by atomic mass is 16.5. The summed E-state index contributed by atoms with van der Waals surface area (Å²) in [4.78, 5) is 54.1. The summed E-state index contributed by atoms with van der Waals surface area (Å²) in [5.74, 6) is -1.92. The van der Waals surface area contributed by atoms with Crippen LogP contribution in [-0.4, -0.2) is 51.9 Å². The van der Waals surface area contributed by atoms with E-state index in [9.17, 15) is 19.2 Å². The molecule has 3 N–H and O–H groups in total. The summed E-state index contributed by atoms with van der Waals surface area (Å²) in [5, 5.41) is 7.79. The van der Waals surface area contributed by atoms with Gasteiger partial charge in [-0.1, -0.05) is 51.1 Å². The number of rotatable bonds is 14. The highest BCUT2D eigenvalue weighted by Crippen LogP contribution is 2.08. The average Bonchev–Trinajstić information content (AvgIpc) is 3.36. The van der Waals surface area contributed by atoms with Crippen molar-refractivity contribution in [3.05, 3.63) is 54.6 Å². The Morgan fingerprint density at radius 3 is 2.43 bits per heavy atom. The fourth-order valence-electron chi connectivity index (χ4n) is 3.36. The van der Waals surface area contributed by atoms with Crippen LogP contribution in [0.3, 0.4) is 0 Å². The van der Waals surface area contributed by atoms with Gasteiger partial charge in [-0.15, -0.1) is 0 Å². The van der Waals surface area contributed by atoms with E-state index in [4.69, 9.17) is 4.74 Å². The lowest BCUT2D eigenvalue weighted by molar-refractivity contribution is -0.140. The van der Waals surface area contributed by atoms with Crippen LogP contribution in [0.1, 0.15) is 45.6 Å². The number of hydrogen-bond donors (Lipinski definition) is 3. The SMILES string of the molecule is CC[C@H](NC(=O)[C@H](CC(C)C)NC(=O)OCc1ccccc1)C(=O)C(=O)NCCCn1ccnc1. The first kappa shape index (κ1) is 27.6. The monoisotopic (exact) mass is 485 g/mol. The Morgan fingerprint density at radius 2 is 1.80 bits per heavy atom. The molecule has 35 heavy (non-hydrogen) atoms. The molecular formula is C25H35N5O5. The third-order valence-electron chi connectivity index (χ3n) is 5.23. The molecule has 0 aliphatic carbocycles.